The maximum atomic E-state index is 13.4. The van der Waals surface area contributed by atoms with Gasteiger partial charge in [-0.3, -0.25) is 19.1 Å². The number of aromatic nitrogens is 2. The first kappa shape index (κ1) is 24.0. The number of hydrogen-bond donors (Lipinski definition) is 0. The van der Waals surface area contributed by atoms with Gasteiger partial charge in [-0.25, -0.2) is 4.98 Å². The Morgan fingerprint density at radius 1 is 1.03 bits per heavy atom. The molecule has 0 radical (unpaired) electrons. The highest BCUT2D eigenvalue weighted by Crippen LogP contribution is 2.26. The summed E-state index contributed by atoms with van der Waals surface area (Å²) >= 11 is 1.40. The van der Waals surface area contributed by atoms with Crippen LogP contribution < -0.4 is 5.56 Å². The van der Waals surface area contributed by atoms with Crippen molar-refractivity contribution < 1.29 is 9.53 Å². The Labute approximate surface area is 210 Å². The minimum absolute atomic E-state index is 0.0355. The summed E-state index contributed by atoms with van der Waals surface area (Å²) in [6.07, 6.45) is 1.72. The van der Waals surface area contributed by atoms with Gasteiger partial charge >= 0.3 is 0 Å². The minimum Gasteiger partial charge on any atom is -0.379 e. The van der Waals surface area contributed by atoms with Crippen molar-refractivity contribution in [2.45, 2.75) is 43.3 Å². The summed E-state index contributed by atoms with van der Waals surface area (Å²) in [6.45, 7) is 8.15. The van der Waals surface area contributed by atoms with Crippen LogP contribution in [0.25, 0.3) is 10.9 Å². The number of para-hydroxylation sites is 1. The van der Waals surface area contributed by atoms with Crippen molar-refractivity contribution in [3.05, 3.63) is 70.0 Å². The monoisotopic (exact) mass is 492 g/mol. The van der Waals surface area contributed by atoms with Gasteiger partial charge in [0.15, 0.2) is 5.16 Å². The van der Waals surface area contributed by atoms with Crippen molar-refractivity contribution in [2.24, 2.45) is 0 Å². The van der Waals surface area contributed by atoms with E-state index in [1.165, 1.54) is 22.9 Å². The SMILES string of the molecule is CC(Sc1nc2ccccc2c(=O)n1CCCN1CCOCC1)C(=O)N1CCc2ccccc2C1. The van der Waals surface area contributed by atoms with Crippen molar-refractivity contribution in [1.29, 1.82) is 0 Å². The molecule has 3 aromatic rings. The molecule has 1 amide bonds. The summed E-state index contributed by atoms with van der Waals surface area (Å²) in [6, 6.07) is 15.8. The molecule has 1 unspecified atom stereocenters. The highest BCUT2D eigenvalue weighted by atomic mass is 32.2. The summed E-state index contributed by atoms with van der Waals surface area (Å²) < 4.78 is 7.21. The van der Waals surface area contributed by atoms with E-state index >= 15 is 0 Å². The number of morpholine rings is 1. The van der Waals surface area contributed by atoms with Crippen LogP contribution in [0.4, 0.5) is 0 Å². The lowest BCUT2D eigenvalue weighted by Gasteiger charge is -2.31. The summed E-state index contributed by atoms with van der Waals surface area (Å²) in [5.74, 6) is 0.0896. The molecule has 2 aromatic carbocycles. The molecule has 7 nitrogen and oxygen atoms in total. The maximum absolute atomic E-state index is 13.4. The van der Waals surface area contributed by atoms with Crippen LogP contribution in [0.3, 0.4) is 0 Å². The van der Waals surface area contributed by atoms with E-state index in [2.05, 4.69) is 23.1 Å². The van der Waals surface area contributed by atoms with Gasteiger partial charge in [-0.15, -0.1) is 0 Å². The molecule has 2 aliphatic heterocycles. The van der Waals surface area contributed by atoms with Gasteiger partial charge in [0.2, 0.25) is 5.91 Å². The Morgan fingerprint density at radius 3 is 2.60 bits per heavy atom. The van der Waals surface area contributed by atoms with E-state index in [0.717, 1.165) is 52.2 Å². The second-order valence-electron chi connectivity index (χ2n) is 9.21. The number of benzene rings is 2. The predicted molar refractivity (Wildman–Crippen MR) is 139 cm³/mol. The number of amides is 1. The molecule has 0 saturated carbocycles. The highest BCUT2D eigenvalue weighted by Gasteiger charge is 2.27. The summed E-state index contributed by atoms with van der Waals surface area (Å²) in [5, 5.41) is 0.905. The quantitative estimate of drug-likeness (QED) is 0.373. The van der Waals surface area contributed by atoms with Crippen LogP contribution in [-0.4, -0.2) is 69.9 Å². The topological polar surface area (TPSA) is 67.7 Å². The average molecular weight is 493 g/mol. The first-order chi connectivity index (χ1) is 17.1. The second-order valence-corrected chi connectivity index (χ2v) is 10.5. The standard InChI is InChI=1S/C27H32N4O3S/c1-20(25(32)30-14-11-21-7-2-3-8-22(21)19-30)35-27-28-24-10-5-4-9-23(24)26(33)31(27)13-6-12-29-15-17-34-18-16-29/h2-5,7-10,20H,6,11-19H2,1H3. The van der Waals surface area contributed by atoms with E-state index in [-0.39, 0.29) is 16.7 Å². The molecule has 0 aliphatic carbocycles. The molecular formula is C27H32N4O3S. The van der Waals surface area contributed by atoms with Crippen LogP contribution in [0, 0.1) is 0 Å². The Bertz CT molecular complexity index is 1250. The normalized spacial score (nSPS) is 17.3. The van der Waals surface area contributed by atoms with E-state index in [4.69, 9.17) is 9.72 Å². The highest BCUT2D eigenvalue weighted by molar-refractivity contribution is 8.00. The first-order valence-corrected chi connectivity index (χ1v) is 13.3. The van der Waals surface area contributed by atoms with Crippen LogP contribution in [0.5, 0.6) is 0 Å². The minimum atomic E-state index is -0.334. The molecule has 5 rings (SSSR count). The lowest BCUT2D eigenvalue weighted by Crippen LogP contribution is -2.40. The van der Waals surface area contributed by atoms with Gasteiger partial charge in [0.05, 0.1) is 29.4 Å². The van der Waals surface area contributed by atoms with E-state index in [0.29, 0.717) is 29.1 Å². The maximum Gasteiger partial charge on any atom is 0.262 e. The summed E-state index contributed by atoms with van der Waals surface area (Å²) in [4.78, 5) is 35.9. The van der Waals surface area contributed by atoms with Crippen molar-refractivity contribution in [3.8, 4) is 0 Å². The van der Waals surface area contributed by atoms with Crippen molar-refractivity contribution >= 4 is 28.6 Å². The van der Waals surface area contributed by atoms with Gasteiger partial charge in [0.1, 0.15) is 0 Å². The third kappa shape index (κ3) is 5.44. The van der Waals surface area contributed by atoms with E-state index in [1.54, 1.807) is 4.57 Å². The fraction of sp³-hybridized carbons (Fsp3) is 0.444. The van der Waals surface area contributed by atoms with Crippen molar-refractivity contribution in [1.82, 2.24) is 19.4 Å². The molecule has 1 atom stereocenters. The van der Waals surface area contributed by atoms with Gasteiger partial charge in [-0.1, -0.05) is 48.2 Å². The molecule has 1 saturated heterocycles. The number of ether oxygens (including phenoxy) is 1. The largest absolute Gasteiger partial charge is 0.379 e. The van der Waals surface area contributed by atoms with Crippen molar-refractivity contribution in [3.63, 3.8) is 0 Å². The summed E-state index contributed by atoms with van der Waals surface area (Å²) in [7, 11) is 0. The summed E-state index contributed by atoms with van der Waals surface area (Å²) in [5.41, 5.74) is 3.18. The van der Waals surface area contributed by atoms with Gasteiger partial charge < -0.3 is 9.64 Å². The van der Waals surface area contributed by atoms with E-state index in [9.17, 15) is 9.59 Å². The lowest BCUT2D eigenvalue weighted by atomic mass is 10.00. The third-order valence-corrected chi connectivity index (χ3v) is 7.94. The smallest absolute Gasteiger partial charge is 0.262 e. The molecular weight excluding hydrogens is 460 g/mol. The Hall–Kier alpha value is -2.68. The van der Waals surface area contributed by atoms with Crippen LogP contribution in [-0.2, 0) is 29.0 Å². The predicted octanol–water partition coefficient (Wildman–Crippen LogP) is 3.18. The number of carbonyl (C=O) groups excluding carboxylic acids is 1. The molecule has 184 valence electrons. The second kappa shape index (κ2) is 10.9. The average Bonchev–Trinajstić information content (AvgIpc) is 2.90. The molecule has 1 fully saturated rings. The zero-order chi connectivity index (χ0) is 24.2. The van der Waals surface area contributed by atoms with E-state index < -0.39 is 0 Å². The molecule has 35 heavy (non-hydrogen) atoms. The zero-order valence-electron chi connectivity index (χ0n) is 20.2. The van der Waals surface area contributed by atoms with Gasteiger partial charge in [0.25, 0.3) is 5.56 Å². The fourth-order valence-corrected chi connectivity index (χ4v) is 5.88. The number of hydrogen-bond acceptors (Lipinski definition) is 6. The Balaban J connectivity index is 1.33. The molecule has 1 aromatic heterocycles. The number of thioether (sulfide) groups is 1. The van der Waals surface area contributed by atoms with Crippen LogP contribution in [0.2, 0.25) is 0 Å². The van der Waals surface area contributed by atoms with Crippen LogP contribution >= 0.6 is 11.8 Å². The first-order valence-electron chi connectivity index (χ1n) is 12.4. The van der Waals surface area contributed by atoms with Crippen molar-refractivity contribution in [2.75, 3.05) is 39.4 Å². The Kier molecular flexibility index (Phi) is 7.51. The van der Waals surface area contributed by atoms with Crippen LogP contribution in [0.1, 0.15) is 24.5 Å². The van der Waals surface area contributed by atoms with Gasteiger partial charge in [-0.2, -0.15) is 0 Å². The molecule has 8 heteroatoms. The zero-order valence-corrected chi connectivity index (χ0v) is 21.0. The molecule has 0 N–H and O–H groups in total. The fourth-order valence-electron chi connectivity index (χ4n) is 4.86. The molecule has 0 spiro atoms. The van der Waals surface area contributed by atoms with E-state index in [1.807, 2.05) is 42.2 Å². The number of nitrogens with zero attached hydrogens (tertiary/aromatic N) is 4. The molecule has 2 aliphatic rings. The molecule has 0 bridgehead atoms. The lowest BCUT2D eigenvalue weighted by molar-refractivity contribution is -0.131. The van der Waals surface area contributed by atoms with Gasteiger partial charge in [-0.05, 0) is 43.0 Å². The third-order valence-electron chi connectivity index (χ3n) is 6.86. The number of fused-ring (bicyclic) bond motifs is 2. The number of rotatable bonds is 7. The molecule has 3 heterocycles. The van der Waals surface area contributed by atoms with Crippen LogP contribution in [0.15, 0.2) is 58.5 Å². The number of carbonyl (C=O) groups is 1. The van der Waals surface area contributed by atoms with Gasteiger partial charge in [0, 0.05) is 39.3 Å². The Morgan fingerprint density at radius 2 is 1.77 bits per heavy atom.